The molecule has 34 heavy (non-hydrogen) atoms. The SMILES string of the molecule is [C-]#[N+]c1cccc(-c2cc(COc3cccc(CNC(=O)C(F)(F)F)c3)cc(C(=O)OC)c2)c1. The Hall–Kier alpha value is -4.32. The van der Waals surface area contributed by atoms with Crippen LogP contribution >= 0.6 is 0 Å². The van der Waals surface area contributed by atoms with E-state index in [9.17, 15) is 22.8 Å². The van der Waals surface area contributed by atoms with Gasteiger partial charge in [0.2, 0.25) is 0 Å². The second-order valence-corrected chi connectivity index (χ2v) is 7.19. The number of carbonyl (C=O) groups excluding carboxylic acids is 2. The molecule has 174 valence electrons. The molecule has 1 N–H and O–H groups in total. The molecule has 6 nitrogen and oxygen atoms in total. The van der Waals surface area contributed by atoms with E-state index in [0.717, 1.165) is 5.56 Å². The van der Waals surface area contributed by atoms with Crippen LogP contribution in [0.4, 0.5) is 18.9 Å². The number of nitrogens with zero attached hydrogens (tertiary/aromatic N) is 1. The van der Waals surface area contributed by atoms with Crippen LogP contribution < -0.4 is 10.1 Å². The zero-order chi connectivity index (χ0) is 24.7. The van der Waals surface area contributed by atoms with Gasteiger partial charge in [-0.1, -0.05) is 30.3 Å². The molecule has 0 aliphatic carbocycles. The van der Waals surface area contributed by atoms with E-state index in [1.807, 2.05) is 17.4 Å². The molecule has 0 atom stereocenters. The van der Waals surface area contributed by atoms with Gasteiger partial charge in [-0.2, -0.15) is 13.2 Å². The highest BCUT2D eigenvalue weighted by molar-refractivity contribution is 5.91. The molecule has 0 spiro atoms. The summed E-state index contributed by atoms with van der Waals surface area (Å²) >= 11 is 0. The Balaban J connectivity index is 1.79. The van der Waals surface area contributed by atoms with Crippen LogP contribution in [-0.4, -0.2) is 25.2 Å². The van der Waals surface area contributed by atoms with Crippen molar-refractivity contribution < 1.29 is 32.2 Å². The number of esters is 1. The van der Waals surface area contributed by atoms with Crippen molar-refractivity contribution in [1.29, 1.82) is 0 Å². The van der Waals surface area contributed by atoms with Crippen LogP contribution in [0.15, 0.2) is 66.7 Å². The summed E-state index contributed by atoms with van der Waals surface area (Å²) in [6, 6.07) is 18.3. The largest absolute Gasteiger partial charge is 0.489 e. The Labute approximate surface area is 193 Å². The highest BCUT2D eigenvalue weighted by atomic mass is 19.4. The van der Waals surface area contributed by atoms with Gasteiger partial charge in [-0.15, -0.1) is 0 Å². The maximum atomic E-state index is 12.4. The number of ether oxygens (including phenoxy) is 2. The molecule has 0 heterocycles. The maximum Gasteiger partial charge on any atom is 0.471 e. The first-order valence-corrected chi connectivity index (χ1v) is 9.96. The number of methoxy groups -OCH3 is 1. The molecule has 3 rings (SSSR count). The molecule has 0 saturated heterocycles. The number of nitrogens with one attached hydrogen (secondary N) is 1. The number of hydrogen-bond acceptors (Lipinski definition) is 4. The molecule has 0 aromatic heterocycles. The molecule has 0 aliphatic rings. The third kappa shape index (κ3) is 6.36. The first-order valence-electron chi connectivity index (χ1n) is 9.96. The highest BCUT2D eigenvalue weighted by Gasteiger charge is 2.38. The molecule has 0 saturated carbocycles. The average molecular weight is 468 g/mol. The van der Waals surface area contributed by atoms with Crippen molar-refractivity contribution in [3.63, 3.8) is 0 Å². The summed E-state index contributed by atoms with van der Waals surface area (Å²) in [5, 5.41) is 1.81. The van der Waals surface area contributed by atoms with Crippen LogP contribution in [-0.2, 0) is 22.7 Å². The van der Waals surface area contributed by atoms with Gasteiger partial charge in [-0.05, 0) is 58.7 Å². The van der Waals surface area contributed by atoms with Gasteiger partial charge in [-0.25, -0.2) is 9.64 Å². The van der Waals surface area contributed by atoms with Gasteiger partial charge >= 0.3 is 18.1 Å². The fourth-order valence-electron chi connectivity index (χ4n) is 3.13. The first-order chi connectivity index (χ1) is 16.2. The van der Waals surface area contributed by atoms with E-state index in [4.69, 9.17) is 16.0 Å². The van der Waals surface area contributed by atoms with Gasteiger partial charge in [0.25, 0.3) is 0 Å². The van der Waals surface area contributed by atoms with Crippen LogP contribution in [0.3, 0.4) is 0 Å². The molecular weight excluding hydrogens is 449 g/mol. The molecule has 3 aromatic rings. The van der Waals surface area contributed by atoms with Gasteiger partial charge in [0.1, 0.15) is 12.4 Å². The summed E-state index contributed by atoms with van der Waals surface area (Å²) in [4.78, 5) is 26.6. The zero-order valence-corrected chi connectivity index (χ0v) is 18.0. The molecule has 3 aromatic carbocycles. The number of amides is 1. The highest BCUT2D eigenvalue weighted by Crippen LogP contribution is 2.27. The first kappa shape index (κ1) is 24.3. The van der Waals surface area contributed by atoms with Gasteiger partial charge < -0.3 is 14.8 Å². The summed E-state index contributed by atoms with van der Waals surface area (Å²) in [5.41, 5.74) is 3.25. The topological polar surface area (TPSA) is 69.0 Å². The monoisotopic (exact) mass is 468 g/mol. The predicted octanol–water partition coefficient (Wildman–Crippen LogP) is 5.45. The summed E-state index contributed by atoms with van der Waals surface area (Å²) in [7, 11) is 1.27. The lowest BCUT2D eigenvalue weighted by molar-refractivity contribution is -0.173. The van der Waals surface area contributed by atoms with Crippen molar-refractivity contribution in [1.82, 2.24) is 5.32 Å². The van der Waals surface area contributed by atoms with Gasteiger partial charge in [0.15, 0.2) is 5.69 Å². The maximum absolute atomic E-state index is 12.4. The van der Waals surface area contributed by atoms with E-state index in [1.165, 1.54) is 13.2 Å². The van der Waals surface area contributed by atoms with Gasteiger partial charge in [0, 0.05) is 6.54 Å². The quantitative estimate of drug-likeness (QED) is 0.370. The summed E-state index contributed by atoms with van der Waals surface area (Å²) in [6.07, 6.45) is -4.95. The molecular formula is C25H19F3N2O4. The average Bonchev–Trinajstić information content (AvgIpc) is 2.85. The molecule has 0 aliphatic heterocycles. The van der Waals surface area contributed by atoms with E-state index >= 15 is 0 Å². The minimum Gasteiger partial charge on any atom is -0.489 e. The van der Waals surface area contributed by atoms with Gasteiger partial charge in [0.05, 0.1) is 19.2 Å². The molecule has 0 unspecified atom stereocenters. The fourth-order valence-corrected chi connectivity index (χ4v) is 3.13. The Morgan fingerprint density at radius 2 is 1.74 bits per heavy atom. The standard InChI is InChI=1S/C25H19F3N2O4/c1-29-21-7-4-6-18(13-21)19-9-17(10-20(12-19)23(31)33-2)15-34-22-8-3-5-16(11-22)14-30-24(32)25(26,27)28/h3-13H,14-15H2,2H3,(H,30,32). The third-order valence-corrected chi connectivity index (χ3v) is 4.74. The molecule has 9 heteroatoms. The number of hydrogen-bond donors (Lipinski definition) is 1. The van der Waals surface area contributed by atoms with E-state index in [-0.39, 0.29) is 13.2 Å². The summed E-state index contributed by atoms with van der Waals surface area (Å²) in [6.45, 7) is 6.94. The Morgan fingerprint density at radius 1 is 0.971 bits per heavy atom. The smallest absolute Gasteiger partial charge is 0.471 e. The Bertz CT molecular complexity index is 1250. The van der Waals surface area contributed by atoms with Crippen LogP contribution in [0.1, 0.15) is 21.5 Å². The Kier molecular flexibility index (Phi) is 7.53. The zero-order valence-electron chi connectivity index (χ0n) is 18.0. The predicted molar refractivity (Wildman–Crippen MR) is 118 cm³/mol. The van der Waals surface area contributed by atoms with Gasteiger partial charge in [-0.3, -0.25) is 4.79 Å². The van der Waals surface area contributed by atoms with Crippen molar-refractivity contribution >= 4 is 17.6 Å². The number of rotatable bonds is 7. The number of benzene rings is 3. The van der Waals surface area contributed by atoms with Crippen LogP contribution in [0.5, 0.6) is 5.75 Å². The normalized spacial score (nSPS) is 10.8. The third-order valence-electron chi connectivity index (χ3n) is 4.74. The molecule has 1 amide bonds. The minimum absolute atomic E-state index is 0.0543. The second kappa shape index (κ2) is 10.5. The van der Waals surface area contributed by atoms with E-state index in [0.29, 0.717) is 33.7 Å². The van der Waals surface area contributed by atoms with E-state index < -0.39 is 18.1 Å². The van der Waals surface area contributed by atoms with E-state index in [1.54, 1.807) is 48.5 Å². The second-order valence-electron chi connectivity index (χ2n) is 7.19. The Morgan fingerprint density at radius 3 is 2.44 bits per heavy atom. The lowest BCUT2D eigenvalue weighted by Gasteiger charge is -2.12. The van der Waals surface area contributed by atoms with Crippen molar-refractivity contribution in [2.75, 3.05) is 7.11 Å². The number of alkyl halides is 3. The van der Waals surface area contributed by atoms with E-state index in [2.05, 4.69) is 4.85 Å². The van der Waals surface area contributed by atoms with Crippen molar-refractivity contribution in [2.45, 2.75) is 19.3 Å². The lowest BCUT2D eigenvalue weighted by Crippen LogP contribution is -2.36. The van der Waals surface area contributed by atoms with Crippen molar-refractivity contribution in [3.8, 4) is 16.9 Å². The molecule has 0 bridgehead atoms. The lowest BCUT2D eigenvalue weighted by atomic mass is 9.99. The van der Waals surface area contributed by atoms with Crippen LogP contribution in [0.2, 0.25) is 0 Å². The van der Waals surface area contributed by atoms with Crippen LogP contribution in [0, 0.1) is 6.57 Å². The fraction of sp³-hybridized carbons (Fsp3) is 0.160. The summed E-state index contributed by atoms with van der Waals surface area (Å²) < 4.78 is 47.7. The van der Waals surface area contributed by atoms with Crippen molar-refractivity contribution in [3.05, 3.63) is 94.8 Å². The van der Waals surface area contributed by atoms with Crippen LogP contribution in [0.25, 0.3) is 16.0 Å². The molecule has 0 fully saturated rings. The summed E-state index contributed by atoms with van der Waals surface area (Å²) in [5.74, 6) is -2.18. The minimum atomic E-state index is -4.95. The number of halogens is 3. The number of carbonyl (C=O) groups is 2. The van der Waals surface area contributed by atoms with Crippen molar-refractivity contribution in [2.24, 2.45) is 0 Å². The molecule has 0 radical (unpaired) electrons.